The molecule has 0 N–H and O–H groups in total. The fraction of sp³-hybridized carbons (Fsp3) is 0.429. The number of carbonyl (C=O) groups excluding carboxylic acids is 2. The zero-order valence-corrected chi connectivity index (χ0v) is 30.8. The minimum atomic E-state index is -3.98. The summed E-state index contributed by atoms with van der Waals surface area (Å²) >= 11 is 6.25. The van der Waals surface area contributed by atoms with E-state index in [1.807, 2.05) is 47.5 Å². The predicted octanol–water partition coefficient (Wildman–Crippen LogP) is 8.34. The van der Waals surface area contributed by atoms with E-state index in [-0.39, 0.29) is 23.4 Å². The molecule has 0 radical (unpaired) electrons. The van der Waals surface area contributed by atoms with Crippen LogP contribution in [-0.4, -0.2) is 64.5 Å². The smallest absolute Gasteiger partial charge is 0.348 e. The molecule has 250 valence electrons. The van der Waals surface area contributed by atoms with Crippen LogP contribution in [0.4, 0.5) is 11.4 Å². The van der Waals surface area contributed by atoms with Crippen LogP contribution in [0.5, 0.6) is 0 Å². The SMILES string of the molecule is CCOC(=O)c1sc2ccc(S(=O)(=O)N(CCC3CCCCC3)c3ccccc3N3CCN(C(=O)c4sccc4Br)CC3)cc2c1C. The summed E-state index contributed by atoms with van der Waals surface area (Å²) in [5.41, 5.74) is 2.23. The largest absolute Gasteiger partial charge is 0.462 e. The van der Waals surface area contributed by atoms with Gasteiger partial charge in [-0.15, -0.1) is 22.7 Å². The number of amides is 1. The molecule has 0 unspecified atom stereocenters. The molecular weight excluding hydrogens is 719 g/mol. The molecule has 1 saturated heterocycles. The van der Waals surface area contributed by atoms with Crippen LogP contribution < -0.4 is 9.21 Å². The molecule has 12 heteroatoms. The summed E-state index contributed by atoms with van der Waals surface area (Å²) < 4.78 is 37.9. The molecule has 2 aromatic carbocycles. The van der Waals surface area contributed by atoms with E-state index in [0.29, 0.717) is 54.1 Å². The number of nitrogens with zero attached hydrogens (tertiary/aromatic N) is 3. The van der Waals surface area contributed by atoms with Crippen molar-refractivity contribution in [3.63, 3.8) is 0 Å². The monoisotopic (exact) mass is 757 g/mol. The fourth-order valence-electron chi connectivity index (χ4n) is 6.71. The van der Waals surface area contributed by atoms with Crippen molar-refractivity contribution >= 4 is 82.0 Å². The van der Waals surface area contributed by atoms with Crippen LogP contribution in [-0.2, 0) is 14.8 Å². The number of piperazine rings is 1. The summed E-state index contributed by atoms with van der Waals surface area (Å²) in [6.07, 6.45) is 6.67. The third-order valence-corrected chi connectivity index (χ3v) is 14.2. The molecule has 2 fully saturated rings. The Labute approximate surface area is 293 Å². The van der Waals surface area contributed by atoms with E-state index in [1.165, 1.54) is 41.9 Å². The second kappa shape index (κ2) is 14.7. The third kappa shape index (κ3) is 7.11. The lowest BCUT2D eigenvalue weighted by Crippen LogP contribution is -2.49. The van der Waals surface area contributed by atoms with Crippen molar-refractivity contribution < 1.29 is 22.7 Å². The summed E-state index contributed by atoms with van der Waals surface area (Å²) in [5, 5.41) is 2.65. The van der Waals surface area contributed by atoms with Gasteiger partial charge in [-0.25, -0.2) is 13.2 Å². The van der Waals surface area contributed by atoms with Crippen LogP contribution in [0.25, 0.3) is 10.1 Å². The average Bonchev–Trinajstić information content (AvgIpc) is 3.67. The summed E-state index contributed by atoms with van der Waals surface area (Å²) in [7, 11) is -3.98. The molecule has 3 heterocycles. The summed E-state index contributed by atoms with van der Waals surface area (Å²) in [6.45, 7) is 6.56. The van der Waals surface area contributed by atoms with Gasteiger partial charge < -0.3 is 14.5 Å². The summed E-state index contributed by atoms with van der Waals surface area (Å²) in [4.78, 5) is 31.3. The van der Waals surface area contributed by atoms with E-state index in [9.17, 15) is 18.0 Å². The first-order valence-electron chi connectivity index (χ1n) is 16.3. The molecule has 1 aliphatic heterocycles. The maximum Gasteiger partial charge on any atom is 0.348 e. The Hall–Kier alpha value is -2.93. The number of sulfonamides is 1. The number of anilines is 2. The van der Waals surface area contributed by atoms with Gasteiger partial charge in [0.2, 0.25) is 0 Å². The Kier molecular flexibility index (Phi) is 10.6. The molecule has 2 aliphatic rings. The molecule has 0 atom stereocenters. The van der Waals surface area contributed by atoms with E-state index >= 15 is 0 Å². The number of hydrogen-bond donors (Lipinski definition) is 0. The number of hydrogen-bond acceptors (Lipinski definition) is 8. The Balaban J connectivity index is 1.32. The highest BCUT2D eigenvalue weighted by molar-refractivity contribution is 9.10. The van der Waals surface area contributed by atoms with Gasteiger partial charge in [-0.05, 0) is 94.8 Å². The van der Waals surface area contributed by atoms with Crippen LogP contribution in [0.15, 0.2) is 63.3 Å². The predicted molar refractivity (Wildman–Crippen MR) is 195 cm³/mol. The Morgan fingerprint density at radius 1 is 1.00 bits per heavy atom. The lowest BCUT2D eigenvalue weighted by Gasteiger charge is -2.38. The van der Waals surface area contributed by atoms with Gasteiger partial charge in [-0.2, -0.15) is 0 Å². The zero-order chi connectivity index (χ0) is 33.1. The van der Waals surface area contributed by atoms with E-state index < -0.39 is 10.0 Å². The first-order chi connectivity index (χ1) is 22.7. The molecule has 1 saturated carbocycles. The molecule has 4 aromatic rings. The van der Waals surface area contributed by atoms with Crippen molar-refractivity contribution in [3.05, 3.63) is 73.7 Å². The first kappa shape index (κ1) is 34.0. The molecule has 0 spiro atoms. The van der Waals surface area contributed by atoms with Crippen molar-refractivity contribution in [2.45, 2.75) is 57.3 Å². The second-order valence-electron chi connectivity index (χ2n) is 12.2. The van der Waals surface area contributed by atoms with Crippen LogP contribution >= 0.6 is 38.6 Å². The molecule has 6 rings (SSSR count). The van der Waals surface area contributed by atoms with Crippen molar-refractivity contribution in [1.29, 1.82) is 0 Å². The number of rotatable bonds is 10. The minimum absolute atomic E-state index is 0.0155. The van der Waals surface area contributed by atoms with E-state index in [4.69, 9.17) is 4.74 Å². The van der Waals surface area contributed by atoms with Gasteiger partial charge in [0.25, 0.3) is 15.9 Å². The molecule has 8 nitrogen and oxygen atoms in total. The maximum absolute atomic E-state index is 14.7. The van der Waals surface area contributed by atoms with Gasteiger partial charge in [0.1, 0.15) is 9.75 Å². The topological polar surface area (TPSA) is 87.2 Å². The van der Waals surface area contributed by atoms with Crippen LogP contribution in [0.2, 0.25) is 0 Å². The van der Waals surface area contributed by atoms with Crippen molar-refractivity contribution in [2.75, 3.05) is 48.5 Å². The third-order valence-electron chi connectivity index (χ3n) is 9.29. The normalized spacial score (nSPS) is 16.1. The molecule has 0 bridgehead atoms. The molecular formula is C35H40BrN3O5S3. The first-order valence-corrected chi connectivity index (χ1v) is 20.2. The number of aryl methyl sites for hydroxylation is 1. The number of ether oxygens (including phenoxy) is 1. The van der Waals surface area contributed by atoms with Gasteiger partial charge >= 0.3 is 5.97 Å². The quantitative estimate of drug-likeness (QED) is 0.151. The number of esters is 1. The molecule has 1 aliphatic carbocycles. The number of halogens is 1. The van der Waals surface area contributed by atoms with Gasteiger partial charge in [0.05, 0.1) is 22.9 Å². The van der Waals surface area contributed by atoms with Gasteiger partial charge in [-0.1, -0.05) is 44.2 Å². The van der Waals surface area contributed by atoms with Crippen LogP contribution in [0.3, 0.4) is 0 Å². The lowest BCUT2D eigenvalue weighted by molar-refractivity contribution is 0.0531. The van der Waals surface area contributed by atoms with Crippen molar-refractivity contribution in [2.24, 2.45) is 5.92 Å². The van der Waals surface area contributed by atoms with Crippen LogP contribution in [0, 0.1) is 12.8 Å². The zero-order valence-electron chi connectivity index (χ0n) is 26.7. The highest BCUT2D eigenvalue weighted by atomic mass is 79.9. The van der Waals surface area contributed by atoms with E-state index in [0.717, 1.165) is 45.1 Å². The summed E-state index contributed by atoms with van der Waals surface area (Å²) in [5.74, 6) is 0.124. The average molecular weight is 759 g/mol. The van der Waals surface area contributed by atoms with E-state index in [2.05, 4.69) is 20.8 Å². The molecule has 47 heavy (non-hydrogen) atoms. The number of carbonyl (C=O) groups is 2. The maximum atomic E-state index is 14.7. The van der Waals surface area contributed by atoms with Crippen LogP contribution in [0.1, 0.15) is 70.4 Å². The number of thiophene rings is 2. The summed E-state index contributed by atoms with van der Waals surface area (Å²) in [6, 6.07) is 14.8. The van der Waals surface area contributed by atoms with Crippen molar-refractivity contribution in [1.82, 2.24) is 4.90 Å². The molecule has 2 aromatic heterocycles. The fourth-order valence-corrected chi connectivity index (χ4v) is 10.8. The number of benzene rings is 2. The van der Waals surface area contributed by atoms with Gasteiger partial charge in [0.15, 0.2) is 0 Å². The lowest BCUT2D eigenvalue weighted by atomic mass is 9.87. The number of para-hydroxylation sites is 2. The standard InChI is InChI=1S/C35H40BrN3O5S3/c1-3-44-35(41)32-24(2)27-23-26(13-14-31(27)46-32)47(42,43)39(17-15-25-9-5-4-6-10-25)30-12-8-7-11-29(30)37-18-20-38(21-19-37)34(40)33-28(36)16-22-45-33/h7-8,11-14,16,22-23,25H,3-6,9-10,15,17-21H2,1-2H3. The number of fused-ring (bicyclic) bond motifs is 1. The van der Waals surface area contributed by atoms with Gasteiger partial charge in [-0.3, -0.25) is 9.10 Å². The Morgan fingerprint density at radius 2 is 1.74 bits per heavy atom. The minimum Gasteiger partial charge on any atom is -0.462 e. The highest BCUT2D eigenvalue weighted by Gasteiger charge is 2.32. The Morgan fingerprint density at radius 3 is 2.45 bits per heavy atom. The highest BCUT2D eigenvalue weighted by Crippen LogP contribution is 2.38. The molecule has 1 amide bonds. The van der Waals surface area contributed by atoms with E-state index in [1.54, 1.807) is 29.4 Å². The Bertz CT molecular complexity index is 1860. The second-order valence-corrected chi connectivity index (χ2v) is 16.9. The van der Waals surface area contributed by atoms with Crippen molar-refractivity contribution in [3.8, 4) is 0 Å². The van der Waals surface area contributed by atoms with Gasteiger partial charge in [0, 0.05) is 41.9 Å².